The molecule has 3 aromatic rings. The van der Waals surface area contributed by atoms with Crippen LogP contribution in [0.2, 0.25) is 0 Å². The number of benzene rings is 1. The highest BCUT2D eigenvalue weighted by atomic mass is 32.1. The first-order chi connectivity index (χ1) is 12.5. The fourth-order valence-corrected chi connectivity index (χ4v) is 3.94. The monoisotopic (exact) mass is 389 g/mol. The van der Waals surface area contributed by atoms with Crippen molar-refractivity contribution in [3.63, 3.8) is 0 Å². The van der Waals surface area contributed by atoms with Gasteiger partial charge in [-0.2, -0.15) is 0 Å². The summed E-state index contributed by atoms with van der Waals surface area (Å²) < 4.78 is 18.3. The summed E-state index contributed by atoms with van der Waals surface area (Å²) in [6, 6.07) is 12.8. The average molecular weight is 389 g/mol. The molecule has 3 rings (SSSR count). The lowest BCUT2D eigenvalue weighted by molar-refractivity contribution is -0.124. The van der Waals surface area contributed by atoms with Crippen LogP contribution in [0.1, 0.15) is 31.0 Å². The number of hydrogen-bond acceptors (Lipinski definition) is 5. The predicted octanol–water partition coefficient (Wildman–Crippen LogP) is 4.32. The van der Waals surface area contributed by atoms with E-state index in [1.54, 1.807) is 18.2 Å². The fraction of sp³-hybridized carbons (Fsp3) is 0.158. The Morgan fingerprint density at radius 3 is 2.54 bits per heavy atom. The van der Waals surface area contributed by atoms with Crippen LogP contribution in [0.3, 0.4) is 0 Å². The zero-order valence-electron chi connectivity index (χ0n) is 13.9. The van der Waals surface area contributed by atoms with Crippen molar-refractivity contribution in [3.05, 3.63) is 79.9 Å². The van der Waals surface area contributed by atoms with Crippen molar-refractivity contribution in [1.82, 2.24) is 5.32 Å². The lowest BCUT2D eigenvalue weighted by Crippen LogP contribution is -2.32. The van der Waals surface area contributed by atoms with Gasteiger partial charge in [-0.1, -0.05) is 18.2 Å². The van der Waals surface area contributed by atoms with Gasteiger partial charge in [0, 0.05) is 9.75 Å². The molecule has 0 bridgehead atoms. The molecule has 1 unspecified atom stereocenters. The van der Waals surface area contributed by atoms with Crippen LogP contribution in [0.25, 0.3) is 0 Å². The molecule has 1 atom stereocenters. The molecule has 134 valence electrons. The van der Waals surface area contributed by atoms with Crippen molar-refractivity contribution in [2.24, 2.45) is 0 Å². The van der Waals surface area contributed by atoms with E-state index in [9.17, 15) is 14.0 Å². The second-order valence-corrected chi connectivity index (χ2v) is 7.82. The predicted molar refractivity (Wildman–Crippen MR) is 100 cm³/mol. The zero-order chi connectivity index (χ0) is 18.5. The molecule has 2 aromatic heterocycles. The second kappa shape index (κ2) is 8.25. The minimum atomic E-state index is -0.521. The van der Waals surface area contributed by atoms with E-state index in [0.29, 0.717) is 4.88 Å². The topological polar surface area (TPSA) is 55.4 Å². The normalized spacial score (nSPS) is 11.8. The van der Waals surface area contributed by atoms with Gasteiger partial charge in [-0.05, 0) is 48.2 Å². The van der Waals surface area contributed by atoms with E-state index in [4.69, 9.17) is 4.74 Å². The van der Waals surface area contributed by atoms with Gasteiger partial charge in [0.05, 0.1) is 6.04 Å². The van der Waals surface area contributed by atoms with Gasteiger partial charge < -0.3 is 10.1 Å². The number of carbonyl (C=O) groups is 2. The molecule has 2 heterocycles. The Kier molecular flexibility index (Phi) is 5.80. The van der Waals surface area contributed by atoms with E-state index >= 15 is 0 Å². The fourth-order valence-electron chi connectivity index (χ4n) is 2.38. The molecular weight excluding hydrogens is 373 g/mol. The van der Waals surface area contributed by atoms with Gasteiger partial charge >= 0.3 is 5.97 Å². The minimum absolute atomic E-state index is 0.342. The number of nitrogens with one attached hydrogen (secondary N) is 1. The number of aryl methyl sites for hydroxylation is 1. The lowest BCUT2D eigenvalue weighted by atomic mass is 10.1. The van der Waals surface area contributed by atoms with Crippen LogP contribution in [0.4, 0.5) is 4.39 Å². The van der Waals surface area contributed by atoms with Crippen LogP contribution in [-0.4, -0.2) is 18.5 Å². The smallest absolute Gasteiger partial charge is 0.348 e. The molecule has 0 saturated heterocycles. The number of halogens is 1. The summed E-state index contributed by atoms with van der Waals surface area (Å²) in [5, 5.41) is 4.74. The summed E-state index contributed by atoms with van der Waals surface area (Å²) in [6.07, 6.45) is 0. The quantitative estimate of drug-likeness (QED) is 0.639. The first-order valence-electron chi connectivity index (χ1n) is 7.85. The van der Waals surface area contributed by atoms with Crippen molar-refractivity contribution >= 4 is 34.6 Å². The van der Waals surface area contributed by atoms with Gasteiger partial charge in [0.15, 0.2) is 6.61 Å². The number of esters is 1. The minimum Gasteiger partial charge on any atom is -0.451 e. The zero-order valence-corrected chi connectivity index (χ0v) is 15.5. The lowest BCUT2D eigenvalue weighted by Gasteiger charge is -2.18. The SMILES string of the molecule is Cc1ccc(C(=O)OCC(=O)NC(c2ccc(F)cc2)c2cccs2)s1. The van der Waals surface area contributed by atoms with Crippen molar-refractivity contribution in [3.8, 4) is 0 Å². The first-order valence-corrected chi connectivity index (χ1v) is 9.54. The number of thiophene rings is 2. The first kappa shape index (κ1) is 18.3. The average Bonchev–Trinajstić information content (AvgIpc) is 3.30. The highest BCUT2D eigenvalue weighted by Crippen LogP contribution is 2.26. The summed E-state index contributed by atoms with van der Waals surface area (Å²) in [7, 11) is 0. The largest absolute Gasteiger partial charge is 0.451 e. The summed E-state index contributed by atoms with van der Waals surface area (Å²) >= 11 is 2.80. The summed E-state index contributed by atoms with van der Waals surface area (Å²) in [6.45, 7) is 1.52. The number of rotatable bonds is 6. The molecule has 26 heavy (non-hydrogen) atoms. The maximum Gasteiger partial charge on any atom is 0.348 e. The molecule has 7 heteroatoms. The standard InChI is InChI=1S/C19H16FNO3S2/c1-12-4-9-16(26-12)19(23)24-11-17(22)21-18(15-3-2-10-25-15)13-5-7-14(20)8-6-13/h2-10,18H,11H2,1H3,(H,21,22). The van der Waals surface area contributed by atoms with Crippen LogP contribution >= 0.6 is 22.7 Å². The van der Waals surface area contributed by atoms with Crippen LogP contribution in [-0.2, 0) is 9.53 Å². The third-order valence-electron chi connectivity index (χ3n) is 3.61. The molecule has 0 radical (unpaired) electrons. The van der Waals surface area contributed by atoms with Crippen LogP contribution in [0.15, 0.2) is 53.9 Å². The molecule has 0 aliphatic rings. The van der Waals surface area contributed by atoms with Gasteiger partial charge in [0.25, 0.3) is 5.91 Å². The Bertz CT molecular complexity index is 888. The molecule has 1 N–H and O–H groups in total. The molecule has 0 saturated carbocycles. The van der Waals surface area contributed by atoms with E-state index in [2.05, 4.69) is 5.32 Å². The molecule has 1 amide bonds. The Labute approximate surface area is 158 Å². The summed E-state index contributed by atoms with van der Waals surface area (Å²) in [4.78, 5) is 26.6. The van der Waals surface area contributed by atoms with E-state index in [-0.39, 0.29) is 12.4 Å². The van der Waals surface area contributed by atoms with Crippen molar-refractivity contribution in [2.75, 3.05) is 6.61 Å². The number of amides is 1. The maximum absolute atomic E-state index is 13.2. The third kappa shape index (κ3) is 4.56. The summed E-state index contributed by atoms with van der Waals surface area (Å²) in [5.41, 5.74) is 0.752. The Hall–Kier alpha value is -2.51. The van der Waals surface area contributed by atoms with Crippen LogP contribution in [0, 0.1) is 12.7 Å². The Morgan fingerprint density at radius 1 is 1.15 bits per heavy atom. The third-order valence-corrected chi connectivity index (χ3v) is 5.53. The van der Waals surface area contributed by atoms with E-state index in [1.807, 2.05) is 30.5 Å². The summed E-state index contributed by atoms with van der Waals surface area (Å²) in [5.74, 6) is -1.28. The van der Waals surface area contributed by atoms with E-state index < -0.39 is 17.9 Å². The van der Waals surface area contributed by atoms with E-state index in [1.165, 1.54) is 34.8 Å². The Balaban J connectivity index is 1.66. The second-order valence-electron chi connectivity index (χ2n) is 5.55. The van der Waals surface area contributed by atoms with Gasteiger partial charge in [-0.3, -0.25) is 4.79 Å². The van der Waals surface area contributed by atoms with Gasteiger partial charge in [-0.15, -0.1) is 22.7 Å². The van der Waals surface area contributed by atoms with Gasteiger partial charge in [-0.25, -0.2) is 9.18 Å². The molecule has 0 spiro atoms. The molecule has 0 aliphatic carbocycles. The molecule has 1 aromatic carbocycles. The maximum atomic E-state index is 13.2. The highest BCUT2D eigenvalue weighted by Gasteiger charge is 2.19. The van der Waals surface area contributed by atoms with Crippen molar-refractivity contribution < 1.29 is 18.7 Å². The van der Waals surface area contributed by atoms with Crippen molar-refractivity contribution in [1.29, 1.82) is 0 Å². The van der Waals surface area contributed by atoms with Crippen LogP contribution < -0.4 is 5.32 Å². The van der Waals surface area contributed by atoms with Crippen LogP contribution in [0.5, 0.6) is 0 Å². The number of carbonyl (C=O) groups excluding carboxylic acids is 2. The molecule has 0 aliphatic heterocycles. The van der Waals surface area contributed by atoms with E-state index in [0.717, 1.165) is 15.3 Å². The molecule has 0 fully saturated rings. The van der Waals surface area contributed by atoms with Gasteiger partial charge in [0.2, 0.25) is 0 Å². The van der Waals surface area contributed by atoms with Crippen molar-refractivity contribution in [2.45, 2.75) is 13.0 Å². The highest BCUT2D eigenvalue weighted by molar-refractivity contribution is 7.13. The Morgan fingerprint density at radius 2 is 1.92 bits per heavy atom. The van der Waals surface area contributed by atoms with Gasteiger partial charge in [0.1, 0.15) is 10.7 Å². The molecular formula is C19H16FNO3S2. The number of hydrogen-bond donors (Lipinski definition) is 1. The number of ether oxygens (including phenoxy) is 1. The molecule has 4 nitrogen and oxygen atoms in total.